The number of rotatable bonds is 8. The minimum absolute atomic E-state index is 0.00899. The summed E-state index contributed by atoms with van der Waals surface area (Å²) in [5, 5.41) is 2.08. The lowest BCUT2D eigenvalue weighted by Gasteiger charge is -2.06. The van der Waals surface area contributed by atoms with Crippen LogP contribution in [0.15, 0.2) is 55.1 Å². The van der Waals surface area contributed by atoms with Crippen molar-refractivity contribution < 1.29 is 23.9 Å². The lowest BCUT2D eigenvalue weighted by Crippen LogP contribution is -2.04. The molecule has 5 nitrogen and oxygen atoms in total. The molecule has 0 atom stereocenters. The van der Waals surface area contributed by atoms with Crippen LogP contribution in [0.2, 0.25) is 0 Å². The molecule has 0 amide bonds. The molecule has 6 heteroatoms. The summed E-state index contributed by atoms with van der Waals surface area (Å²) in [4.78, 5) is 33.3. The molecule has 0 aliphatic carbocycles. The van der Waals surface area contributed by atoms with Crippen LogP contribution in [0.5, 0.6) is 5.75 Å². The SMILES string of the molecule is C=C=S.CC(=O)CCOc1ccc(C(=O)c2ccc(C)cc2)cc1.CCOC(=O)CC. The standard InChI is InChI=1S/C18H18O3.C5H10O2.C2H2S/c1-13-3-5-15(6-4-13)18(20)16-7-9-17(10-8-16)21-12-11-14(2)19;1-3-5(6)7-4-2;1-2-3/h3-10H,11-12H2,1-2H3;3-4H2,1-2H3;1H2. The summed E-state index contributed by atoms with van der Waals surface area (Å²) < 4.78 is 9.99. The van der Waals surface area contributed by atoms with Crippen LogP contribution in [-0.4, -0.2) is 35.8 Å². The highest BCUT2D eigenvalue weighted by Crippen LogP contribution is 2.16. The van der Waals surface area contributed by atoms with Gasteiger partial charge in [0.15, 0.2) is 5.78 Å². The van der Waals surface area contributed by atoms with Crippen molar-refractivity contribution in [2.75, 3.05) is 13.2 Å². The third kappa shape index (κ3) is 13.0. The van der Waals surface area contributed by atoms with E-state index in [1.807, 2.05) is 31.2 Å². The average molecular weight is 443 g/mol. The summed E-state index contributed by atoms with van der Waals surface area (Å²) in [6.45, 7) is 11.0. The molecule has 0 saturated heterocycles. The minimum Gasteiger partial charge on any atom is -0.493 e. The van der Waals surface area contributed by atoms with Crippen LogP contribution >= 0.6 is 12.2 Å². The monoisotopic (exact) mass is 442 g/mol. The average Bonchev–Trinajstić information content (AvgIpc) is 2.75. The maximum Gasteiger partial charge on any atom is 0.305 e. The van der Waals surface area contributed by atoms with E-state index in [2.05, 4.69) is 28.6 Å². The summed E-state index contributed by atoms with van der Waals surface area (Å²) in [6.07, 6.45) is 0.873. The van der Waals surface area contributed by atoms with Crippen LogP contribution in [0.4, 0.5) is 0 Å². The molecule has 2 aromatic rings. The Labute approximate surface area is 190 Å². The molecule has 0 bridgehead atoms. The molecule has 0 aliphatic rings. The number of benzene rings is 2. The van der Waals surface area contributed by atoms with E-state index < -0.39 is 0 Å². The Kier molecular flexibility index (Phi) is 15.0. The van der Waals surface area contributed by atoms with Gasteiger partial charge in [-0.05, 0) is 63.8 Å². The van der Waals surface area contributed by atoms with E-state index in [1.54, 1.807) is 38.1 Å². The van der Waals surface area contributed by atoms with Crippen molar-refractivity contribution >= 4 is 34.8 Å². The second-order valence-corrected chi connectivity index (χ2v) is 6.61. The molecule has 0 N–H and O–H groups in total. The highest BCUT2D eigenvalue weighted by atomic mass is 32.1. The van der Waals surface area contributed by atoms with Crippen molar-refractivity contribution in [3.63, 3.8) is 0 Å². The van der Waals surface area contributed by atoms with Gasteiger partial charge < -0.3 is 9.47 Å². The lowest BCUT2D eigenvalue weighted by molar-refractivity contribution is -0.142. The molecule has 2 rings (SSSR count). The number of carbonyl (C=O) groups excluding carboxylic acids is 3. The molecular weight excluding hydrogens is 412 g/mol. The van der Waals surface area contributed by atoms with Crippen LogP contribution in [0.25, 0.3) is 0 Å². The van der Waals surface area contributed by atoms with Crippen LogP contribution < -0.4 is 4.74 Å². The van der Waals surface area contributed by atoms with Gasteiger partial charge in [0.1, 0.15) is 11.5 Å². The maximum atomic E-state index is 12.3. The van der Waals surface area contributed by atoms with Gasteiger partial charge in [-0.1, -0.05) is 41.8 Å². The summed E-state index contributed by atoms with van der Waals surface area (Å²) in [5.41, 5.74) is 2.42. The maximum absolute atomic E-state index is 12.3. The van der Waals surface area contributed by atoms with Crippen molar-refractivity contribution in [2.24, 2.45) is 0 Å². The molecule has 0 aromatic heterocycles. The van der Waals surface area contributed by atoms with E-state index in [9.17, 15) is 14.4 Å². The van der Waals surface area contributed by atoms with Gasteiger partial charge in [-0.2, -0.15) is 0 Å². The van der Waals surface area contributed by atoms with Gasteiger partial charge in [0.2, 0.25) is 0 Å². The molecule has 0 unspecified atom stereocenters. The highest BCUT2D eigenvalue weighted by molar-refractivity contribution is 7.78. The Balaban J connectivity index is 0.000000756. The first kappa shape index (κ1) is 27.9. The van der Waals surface area contributed by atoms with E-state index in [0.717, 1.165) is 5.56 Å². The van der Waals surface area contributed by atoms with E-state index in [-0.39, 0.29) is 17.5 Å². The predicted molar refractivity (Wildman–Crippen MR) is 127 cm³/mol. The Hall–Kier alpha value is -3.08. The van der Waals surface area contributed by atoms with Crippen molar-refractivity contribution in [3.05, 3.63) is 71.8 Å². The van der Waals surface area contributed by atoms with E-state index >= 15 is 0 Å². The lowest BCUT2D eigenvalue weighted by atomic mass is 10.0. The summed E-state index contributed by atoms with van der Waals surface area (Å²) in [7, 11) is 0. The largest absolute Gasteiger partial charge is 0.493 e. The van der Waals surface area contributed by atoms with E-state index in [1.165, 1.54) is 6.92 Å². The third-order valence-corrected chi connectivity index (χ3v) is 3.75. The molecule has 0 spiro atoms. The number of esters is 1. The number of ketones is 2. The fourth-order valence-corrected chi connectivity index (χ4v) is 2.15. The smallest absolute Gasteiger partial charge is 0.305 e. The molecule has 0 saturated carbocycles. The van der Waals surface area contributed by atoms with Crippen LogP contribution in [-0.2, 0) is 14.3 Å². The number of Topliss-reactive ketones (excluding diaryl/α,β-unsaturated/α-hetero) is 1. The third-order valence-electron chi connectivity index (χ3n) is 3.75. The second-order valence-electron chi connectivity index (χ2n) is 6.32. The van der Waals surface area contributed by atoms with E-state index in [0.29, 0.717) is 42.9 Å². The van der Waals surface area contributed by atoms with E-state index in [4.69, 9.17) is 4.74 Å². The van der Waals surface area contributed by atoms with Crippen LogP contribution in [0.1, 0.15) is 55.1 Å². The normalized spacial score (nSPS) is 9.03. The number of aryl methyl sites for hydroxylation is 1. The second kappa shape index (κ2) is 16.7. The first-order valence-corrected chi connectivity index (χ1v) is 10.3. The van der Waals surface area contributed by atoms with Gasteiger partial charge in [-0.15, -0.1) is 0 Å². The fraction of sp³-hybridized carbons (Fsp3) is 0.320. The topological polar surface area (TPSA) is 69.7 Å². The fourth-order valence-electron chi connectivity index (χ4n) is 2.15. The number of hydrogen-bond acceptors (Lipinski definition) is 6. The molecule has 0 heterocycles. The predicted octanol–water partition coefficient (Wildman–Crippen LogP) is 5.31. The summed E-state index contributed by atoms with van der Waals surface area (Å²) >= 11 is 4.03. The van der Waals surface area contributed by atoms with Gasteiger partial charge in [0.05, 0.1) is 13.2 Å². The number of thiocarbonyl (C=S) groups is 1. The van der Waals surface area contributed by atoms with Crippen molar-refractivity contribution in [1.82, 2.24) is 0 Å². The van der Waals surface area contributed by atoms with Crippen molar-refractivity contribution in [2.45, 2.75) is 40.5 Å². The Morgan fingerprint density at radius 3 is 1.84 bits per heavy atom. The summed E-state index contributed by atoms with van der Waals surface area (Å²) in [6, 6.07) is 14.5. The minimum atomic E-state index is -0.123. The molecule has 0 radical (unpaired) electrons. The van der Waals surface area contributed by atoms with Crippen molar-refractivity contribution in [3.8, 4) is 5.75 Å². The van der Waals surface area contributed by atoms with Gasteiger partial charge in [-0.3, -0.25) is 14.4 Å². The van der Waals surface area contributed by atoms with Crippen LogP contribution in [0.3, 0.4) is 0 Å². The van der Waals surface area contributed by atoms with Crippen LogP contribution in [0, 0.1) is 6.92 Å². The molecule has 0 aliphatic heterocycles. The zero-order valence-electron chi connectivity index (χ0n) is 18.6. The molecule has 31 heavy (non-hydrogen) atoms. The van der Waals surface area contributed by atoms with Gasteiger partial charge >= 0.3 is 5.97 Å². The van der Waals surface area contributed by atoms with Crippen molar-refractivity contribution in [1.29, 1.82) is 0 Å². The molecular formula is C25H30O5S. The van der Waals surface area contributed by atoms with Gasteiger partial charge in [0, 0.05) is 24.0 Å². The molecule has 2 aromatic carbocycles. The quantitative estimate of drug-likeness (QED) is 0.313. The summed E-state index contributed by atoms with van der Waals surface area (Å²) in [5.74, 6) is 0.630. The number of hydrogen-bond donors (Lipinski definition) is 0. The first-order valence-electron chi connectivity index (χ1n) is 9.92. The first-order chi connectivity index (χ1) is 14.8. The highest BCUT2D eigenvalue weighted by Gasteiger charge is 2.08. The number of carbonyl (C=O) groups is 3. The zero-order chi connectivity index (χ0) is 23.6. The number of ether oxygens (including phenoxy) is 2. The Bertz CT molecular complexity index is 848. The Morgan fingerprint density at radius 2 is 1.45 bits per heavy atom. The molecule has 0 fully saturated rings. The zero-order valence-corrected chi connectivity index (χ0v) is 19.4. The van der Waals surface area contributed by atoms with Gasteiger partial charge in [0.25, 0.3) is 0 Å². The Morgan fingerprint density at radius 1 is 0.968 bits per heavy atom. The van der Waals surface area contributed by atoms with Gasteiger partial charge in [-0.25, -0.2) is 0 Å². The molecule has 166 valence electrons.